The fourth-order valence-electron chi connectivity index (χ4n) is 1.99. The number of carbonyl (C=O) groups is 1. The van der Waals surface area contributed by atoms with E-state index >= 15 is 0 Å². The topological polar surface area (TPSA) is 59.3 Å². The summed E-state index contributed by atoms with van der Waals surface area (Å²) in [7, 11) is 0. The van der Waals surface area contributed by atoms with Gasteiger partial charge in [-0.25, -0.2) is 4.79 Å². The SMILES string of the molecule is CC(Oc1ccc(C#N)c(Cl)c1C(=O)OCc1ccccc1)C(F)(F)F. The number of hydrogen-bond acceptors (Lipinski definition) is 4. The number of alkyl halides is 3. The standard InChI is InChI=1S/C18H13ClF3NO3/c1-11(18(20,21)22)26-14-8-7-13(9-23)16(19)15(14)17(24)25-10-12-5-3-2-4-6-12/h2-8,11H,10H2,1H3. The van der Waals surface area contributed by atoms with Crippen LogP contribution in [0, 0.1) is 11.3 Å². The number of halogens is 4. The summed E-state index contributed by atoms with van der Waals surface area (Å²) in [5.41, 5.74) is 0.183. The molecule has 0 amide bonds. The first kappa shape index (κ1) is 19.6. The maximum Gasteiger partial charge on any atom is 0.425 e. The molecule has 2 rings (SSSR count). The number of esters is 1. The lowest BCUT2D eigenvalue weighted by molar-refractivity contribution is -0.189. The van der Waals surface area contributed by atoms with Gasteiger partial charge in [-0.05, 0) is 24.6 Å². The monoisotopic (exact) mass is 383 g/mol. The highest BCUT2D eigenvalue weighted by Crippen LogP contribution is 2.33. The molecule has 26 heavy (non-hydrogen) atoms. The van der Waals surface area contributed by atoms with Gasteiger partial charge in [0.05, 0.1) is 10.6 Å². The molecule has 0 heterocycles. The molecule has 4 nitrogen and oxygen atoms in total. The minimum atomic E-state index is -4.63. The van der Waals surface area contributed by atoms with Gasteiger partial charge in [0, 0.05) is 0 Å². The van der Waals surface area contributed by atoms with Gasteiger partial charge in [0.1, 0.15) is 24.0 Å². The van der Waals surface area contributed by atoms with E-state index in [9.17, 15) is 18.0 Å². The van der Waals surface area contributed by atoms with Crippen molar-refractivity contribution in [1.29, 1.82) is 5.26 Å². The average molecular weight is 384 g/mol. The number of rotatable bonds is 5. The van der Waals surface area contributed by atoms with E-state index in [-0.39, 0.29) is 17.2 Å². The molecule has 0 radical (unpaired) electrons. The fourth-order valence-corrected chi connectivity index (χ4v) is 2.26. The van der Waals surface area contributed by atoms with Crippen LogP contribution in [-0.4, -0.2) is 18.2 Å². The lowest BCUT2D eigenvalue weighted by Gasteiger charge is -2.20. The largest absolute Gasteiger partial charge is 0.480 e. The van der Waals surface area contributed by atoms with E-state index in [4.69, 9.17) is 26.3 Å². The van der Waals surface area contributed by atoms with Gasteiger partial charge in [-0.1, -0.05) is 41.9 Å². The summed E-state index contributed by atoms with van der Waals surface area (Å²) in [5.74, 6) is -1.39. The Morgan fingerprint density at radius 1 is 1.23 bits per heavy atom. The second-order valence-corrected chi connectivity index (χ2v) is 5.65. The summed E-state index contributed by atoms with van der Waals surface area (Å²) < 4.78 is 48.2. The summed E-state index contributed by atoms with van der Waals surface area (Å²) in [6.07, 6.45) is -6.81. The number of benzene rings is 2. The Balaban J connectivity index is 2.31. The van der Waals surface area contributed by atoms with Crippen LogP contribution in [0.1, 0.15) is 28.4 Å². The van der Waals surface area contributed by atoms with Crippen molar-refractivity contribution in [3.63, 3.8) is 0 Å². The van der Waals surface area contributed by atoms with Crippen molar-refractivity contribution in [3.8, 4) is 11.8 Å². The van der Waals surface area contributed by atoms with E-state index in [0.717, 1.165) is 13.0 Å². The van der Waals surface area contributed by atoms with Crippen LogP contribution in [0.4, 0.5) is 13.2 Å². The molecule has 0 saturated carbocycles. The Kier molecular flexibility index (Phi) is 6.11. The van der Waals surface area contributed by atoms with Crippen LogP contribution in [0.2, 0.25) is 5.02 Å². The molecule has 0 fully saturated rings. The minimum Gasteiger partial charge on any atom is -0.480 e. The molecule has 8 heteroatoms. The van der Waals surface area contributed by atoms with E-state index in [1.165, 1.54) is 6.07 Å². The van der Waals surface area contributed by atoms with Gasteiger partial charge in [0.25, 0.3) is 0 Å². The Bertz CT molecular complexity index is 832. The van der Waals surface area contributed by atoms with Crippen LogP contribution in [0.5, 0.6) is 5.75 Å². The van der Waals surface area contributed by atoms with Crippen molar-refractivity contribution < 1.29 is 27.4 Å². The Hall–Kier alpha value is -2.72. The summed E-state index contributed by atoms with van der Waals surface area (Å²) in [5, 5.41) is 8.71. The molecule has 136 valence electrons. The fraction of sp³-hybridized carbons (Fsp3) is 0.222. The van der Waals surface area contributed by atoms with Crippen molar-refractivity contribution >= 4 is 17.6 Å². The zero-order chi connectivity index (χ0) is 19.3. The van der Waals surface area contributed by atoms with Gasteiger partial charge in [0.15, 0.2) is 6.10 Å². The van der Waals surface area contributed by atoms with Gasteiger partial charge in [-0.3, -0.25) is 0 Å². The Morgan fingerprint density at radius 3 is 2.46 bits per heavy atom. The van der Waals surface area contributed by atoms with Crippen LogP contribution in [0.3, 0.4) is 0 Å². The quantitative estimate of drug-likeness (QED) is 0.689. The van der Waals surface area contributed by atoms with Crippen LogP contribution >= 0.6 is 11.6 Å². The molecule has 0 N–H and O–H groups in total. The second-order valence-electron chi connectivity index (χ2n) is 5.28. The van der Waals surface area contributed by atoms with Gasteiger partial charge in [-0.15, -0.1) is 0 Å². The normalized spacial score (nSPS) is 12.2. The molecule has 0 spiro atoms. The van der Waals surface area contributed by atoms with E-state index in [2.05, 4.69) is 0 Å². The number of nitriles is 1. The van der Waals surface area contributed by atoms with Crippen LogP contribution in [-0.2, 0) is 11.3 Å². The van der Waals surface area contributed by atoms with Gasteiger partial charge in [-0.2, -0.15) is 18.4 Å². The van der Waals surface area contributed by atoms with Crippen molar-refractivity contribution in [2.75, 3.05) is 0 Å². The van der Waals surface area contributed by atoms with Gasteiger partial charge >= 0.3 is 12.1 Å². The highest BCUT2D eigenvalue weighted by molar-refractivity contribution is 6.35. The highest BCUT2D eigenvalue weighted by Gasteiger charge is 2.39. The van der Waals surface area contributed by atoms with Crippen LogP contribution in [0.15, 0.2) is 42.5 Å². The first-order valence-corrected chi connectivity index (χ1v) is 7.79. The zero-order valence-corrected chi connectivity index (χ0v) is 14.3. The van der Waals surface area contributed by atoms with Crippen molar-refractivity contribution in [3.05, 3.63) is 64.2 Å². The Labute approximate surface area is 152 Å². The number of ether oxygens (including phenoxy) is 2. The maximum absolute atomic E-state index is 12.8. The third kappa shape index (κ3) is 4.67. The van der Waals surface area contributed by atoms with E-state index < -0.39 is 29.6 Å². The molecule has 1 unspecified atom stereocenters. The third-order valence-electron chi connectivity index (χ3n) is 3.41. The average Bonchev–Trinajstić information content (AvgIpc) is 2.60. The lowest BCUT2D eigenvalue weighted by atomic mass is 10.1. The van der Waals surface area contributed by atoms with Crippen molar-refractivity contribution in [2.24, 2.45) is 0 Å². The molecule has 0 saturated heterocycles. The summed E-state index contributed by atoms with van der Waals surface area (Å²) in [4.78, 5) is 12.4. The van der Waals surface area contributed by atoms with E-state index in [0.29, 0.717) is 5.56 Å². The number of carbonyl (C=O) groups excluding carboxylic acids is 1. The second kappa shape index (κ2) is 8.11. The molecular weight excluding hydrogens is 371 g/mol. The summed E-state index contributed by atoms with van der Waals surface area (Å²) in [6.45, 7) is 0.687. The molecule has 0 aliphatic heterocycles. The number of nitrogens with zero attached hydrogens (tertiary/aromatic N) is 1. The first-order chi connectivity index (χ1) is 12.2. The molecular formula is C18H13ClF3NO3. The summed E-state index contributed by atoms with van der Waals surface area (Å²) >= 11 is 6.00. The first-order valence-electron chi connectivity index (χ1n) is 7.41. The highest BCUT2D eigenvalue weighted by atomic mass is 35.5. The van der Waals surface area contributed by atoms with E-state index in [1.807, 2.05) is 0 Å². The van der Waals surface area contributed by atoms with Crippen LogP contribution < -0.4 is 4.74 Å². The van der Waals surface area contributed by atoms with Gasteiger partial charge < -0.3 is 9.47 Å². The molecule has 2 aromatic rings. The van der Waals surface area contributed by atoms with Crippen molar-refractivity contribution in [2.45, 2.75) is 25.8 Å². The molecule has 1 atom stereocenters. The maximum atomic E-state index is 12.8. The predicted molar refractivity (Wildman–Crippen MR) is 87.9 cm³/mol. The Morgan fingerprint density at radius 2 is 1.88 bits per heavy atom. The van der Waals surface area contributed by atoms with E-state index in [1.54, 1.807) is 36.4 Å². The van der Waals surface area contributed by atoms with Gasteiger partial charge in [0.2, 0.25) is 0 Å². The predicted octanol–water partition coefficient (Wildman–Crippen LogP) is 4.90. The zero-order valence-electron chi connectivity index (χ0n) is 13.5. The van der Waals surface area contributed by atoms with Crippen LogP contribution in [0.25, 0.3) is 0 Å². The minimum absolute atomic E-state index is 0.0784. The molecule has 0 aromatic heterocycles. The van der Waals surface area contributed by atoms with Crippen molar-refractivity contribution in [1.82, 2.24) is 0 Å². The third-order valence-corrected chi connectivity index (χ3v) is 3.80. The summed E-state index contributed by atoms with van der Waals surface area (Å²) in [6, 6.07) is 12.7. The lowest BCUT2D eigenvalue weighted by Crippen LogP contribution is -2.31. The smallest absolute Gasteiger partial charge is 0.425 e. The molecule has 2 aromatic carbocycles. The molecule has 0 aliphatic carbocycles. The number of hydrogen-bond donors (Lipinski definition) is 0. The molecule has 0 bridgehead atoms. The molecule has 0 aliphatic rings.